The lowest BCUT2D eigenvalue weighted by atomic mass is 9.98. The number of carbonyl (C=O) groups is 1. The number of aromatic nitrogens is 2. The highest BCUT2D eigenvalue weighted by Crippen LogP contribution is 2.04. The molecule has 1 atom stereocenters. The van der Waals surface area contributed by atoms with Crippen LogP contribution in [0.1, 0.15) is 19.4 Å². The van der Waals surface area contributed by atoms with Gasteiger partial charge in [0, 0.05) is 12.1 Å². The lowest BCUT2D eigenvalue weighted by Gasteiger charge is -2.11. The normalized spacial score (nSPS) is 11.5. The third-order valence-corrected chi connectivity index (χ3v) is 1.94. The monoisotopic (exact) mass is 253 g/mol. The number of aromatic amines is 1. The lowest BCUT2D eigenvalue weighted by Crippen LogP contribution is -2.35. The number of Topliss-reactive ketones (excluding diaryl/α,β-unsaturated/α-hetero) is 1. The first-order chi connectivity index (χ1) is 6.11. The number of nitrogens with zero attached hydrogens (tertiary/aromatic N) is 1. The molecule has 0 saturated carbocycles. The molecule has 3 N–H and O–H groups in total. The van der Waals surface area contributed by atoms with Gasteiger partial charge in [-0.25, -0.2) is 0 Å². The second-order valence-electron chi connectivity index (χ2n) is 3.47. The molecule has 0 bridgehead atoms. The van der Waals surface area contributed by atoms with Crippen molar-refractivity contribution >= 4 is 30.6 Å². The van der Waals surface area contributed by atoms with E-state index in [0.29, 0.717) is 6.42 Å². The number of ketones is 1. The zero-order valence-electron chi connectivity index (χ0n) is 8.77. The summed E-state index contributed by atoms with van der Waals surface area (Å²) >= 11 is 0. The van der Waals surface area contributed by atoms with Crippen molar-refractivity contribution in [3.05, 3.63) is 18.0 Å². The first-order valence-electron chi connectivity index (χ1n) is 4.38. The van der Waals surface area contributed by atoms with Crippen LogP contribution < -0.4 is 5.73 Å². The number of nitrogens with one attached hydrogen (secondary N) is 1. The predicted octanol–water partition coefficient (Wildman–Crippen LogP) is 1.35. The third kappa shape index (κ3) is 5.16. The predicted molar refractivity (Wildman–Crippen MR) is 64.6 cm³/mol. The van der Waals surface area contributed by atoms with E-state index in [1.54, 1.807) is 12.4 Å². The van der Waals surface area contributed by atoms with Crippen molar-refractivity contribution in [1.82, 2.24) is 10.2 Å². The molecular weight excluding hydrogens is 237 g/mol. The molecule has 0 fully saturated rings. The molecule has 1 heterocycles. The molecule has 0 aromatic carbocycles. The smallest absolute Gasteiger partial charge is 0.152 e. The summed E-state index contributed by atoms with van der Waals surface area (Å²) < 4.78 is 0. The molecule has 1 aromatic rings. The van der Waals surface area contributed by atoms with Crippen LogP contribution in [0.4, 0.5) is 0 Å². The molecule has 88 valence electrons. The molecule has 0 radical (unpaired) electrons. The molecule has 0 saturated heterocycles. The Morgan fingerprint density at radius 2 is 2.13 bits per heavy atom. The average Bonchev–Trinajstić information content (AvgIpc) is 2.55. The number of rotatable bonds is 4. The van der Waals surface area contributed by atoms with Gasteiger partial charge >= 0.3 is 0 Å². The average molecular weight is 254 g/mol. The van der Waals surface area contributed by atoms with Gasteiger partial charge < -0.3 is 5.73 Å². The molecule has 0 aliphatic heterocycles. The molecule has 15 heavy (non-hydrogen) atoms. The maximum atomic E-state index is 11.4. The van der Waals surface area contributed by atoms with Crippen molar-refractivity contribution in [2.75, 3.05) is 0 Å². The maximum absolute atomic E-state index is 11.4. The Morgan fingerprint density at radius 1 is 1.53 bits per heavy atom. The standard InChI is InChI=1S/C9H15N3O.2ClH/c1-6(2)9(13)8(10)3-7-4-11-12-5-7;;/h4-6,8H,3,10H2,1-2H3,(H,11,12);2*1H/t8-;;/m0../s1. The van der Waals surface area contributed by atoms with E-state index in [2.05, 4.69) is 10.2 Å². The largest absolute Gasteiger partial charge is 0.321 e. The fourth-order valence-corrected chi connectivity index (χ4v) is 1.17. The summed E-state index contributed by atoms with van der Waals surface area (Å²) in [6, 6.07) is -0.405. The minimum Gasteiger partial charge on any atom is -0.321 e. The second-order valence-corrected chi connectivity index (χ2v) is 3.47. The SMILES string of the molecule is CC(C)C(=O)[C@@H](N)Cc1cn[nH]c1.Cl.Cl. The van der Waals surface area contributed by atoms with Crippen LogP contribution in [0.3, 0.4) is 0 Å². The molecule has 1 aromatic heterocycles. The molecule has 0 aliphatic rings. The van der Waals surface area contributed by atoms with Crippen LogP contribution in [0.25, 0.3) is 0 Å². The molecular formula is C9H17Cl2N3O. The highest BCUT2D eigenvalue weighted by atomic mass is 35.5. The molecule has 0 amide bonds. The summed E-state index contributed by atoms with van der Waals surface area (Å²) in [5, 5.41) is 6.47. The summed E-state index contributed by atoms with van der Waals surface area (Å²) in [4.78, 5) is 11.4. The summed E-state index contributed by atoms with van der Waals surface area (Å²) in [6.45, 7) is 3.72. The Bertz CT molecular complexity index is 275. The highest BCUT2D eigenvalue weighted by molar-refractivity contribution is 5.86. The summed E-state index contributed by atoms with van der Waals surface area (Å²) in [5.74, 6) is 0.100. The van der Waals surface area contributed by atoms with E-state index in [4.69, 9.17) is 5.73 Å². The zero-order chi connectivity index (χ0) is 9.84. The molecule has 6 heteroatoms. The van der Waals surface area contributed by atoms with Crippen molar-refractivity contribution in [3.8, 4) is 0 Å². The van der Waals surface area contributed by atoms with E-state index in [1.165, 1.54) is 0 Å². The van der Waals surface area contributed by atoms with Crippen molar-refractivity contribution in [2.24, 2.45) is 11.7 Å². The van der Waals surface area contributed by atoms with Crippen LogP contribution in [-0.4, -0.2) is 22.0 Å². The van der Waals surface area contributed by atoms with Crippen LogP contribution in [0.5, 0.6) is 0 Å². The first kappa shape index (κ1) is 16.8. The van der Waals surface area contributed by atoms with Gasteiger partial charge in [0.15, 0.2) is 5.78 Å². The van der Waals surface area contributed by atoms with Gasteiger partial charge in [-0.15, -0.1) is 24.8 Å². The van der Waals surface area contributed by atoms with Gasteiger partial charge in [0.05, 0.1) is 12.2 Å². The van der Waals surface area contributed by atoms with Crippen LogP contribution in [0.15, 0.2) is 12.4 Å². The number of hydrogen-bond donors (Lipinski definition) is 2. The Hall–Kier alpha value is -0.580. The Morgan fingerprint density at radius 3 is 2.53 bits per heavy atom. The minimum atomic E-state index is -0.405. The van der Waals surface area contributed by atoms with E-state index in [1.807, 2.05) is 13.8 Å². The quantitative estimate of drug-likeness (QED) is 0.851. The van der Waals surface area contributed by atoms with Crippen LogP contribution in [0, 0.1) is 5.92 Å². The number of hydrogen-bond acceptors (Lipinski definition) is 3. The summed E-state index contributed by atoms with van der Waals surface area (Å²) in [5.41, 5.74) is 6.69. The number of carbonyl (C=O) groups excluding carboxylic acids is 1. The molecule has 0 aliphatic carbocycles. The van der Waals surface area contributed by atoms with E-state index in [9.17, 15) is 4.79 Å². The topological polar surface area (TPSA) is 71.8 Å². The molecule has 1 rings (SSSR count). The van der Waals surface area contributed by atoms with Crippen molar-refractivity contribution < 1.29 is 4.79 Å². The van der Waals surface area contributed by atoms with Gasteiger partial charge in [-0.05, 0) is 12.0 Å². The second kappa shape index (κ2) is 7.68. The van der Waals surface area contributed by atoms with Crippen molar-refractivity contribution in [1.29, 1.82) is 0 Å². The molecule has 4 nitrogen and oxygen atoms in total. The molecule has 0 spiro atoms. The highest BCUT2D eigenvalue weighted by Gasteiger charge is 2.17. The summed E-state index contributed by atoms with van der Waals surface area (Å²) in [6.07, 6.45) is 4.01. The zero-order valence-corrected chi connectivity index (χ0v) is 10.4. The van der Waals surface area contributed by atoms with Gasteiger partial charge in [-0.1, -0.05) is 13.8 Å². The Labute approximate surface area is 102 Å². The van der Waals surface area contributed by atoms with Crippen LogP contribution in [0.2, 0.25) is 0 Å². The minimum absolute atomic E-state index is 0. The van der Waals surface area contributed by atoms with Gasteiger partial charge in [-0.2, -0.15) is 5.10 Å². The van der Waals surface area contributed by atoms with E-state index < -0.39 is 6.04 Å². The number of halogens is 2. The van der Waals surface area contributed by atoms with Gasteiger partial charge in [0.1, 0.15) is 0 Å². The number of H-pyrrole nitrogens is 1. The molecule has 0 unspecified atom stereocenters. The fourth-order valence-electron chi connectivity index (χ4n) is 1.17. The Balaban J connectivity index is 0. The van der Waals surface area contributed by atoms with Crippen molar-refractivity contribution in [2.45, 2.75) is 26.3 Å². The van der Waals surface area contributed by atoms with Crippen LogP contribution >= 0.6 is 24.8 Å². The van der Waals surface area contributed by atoms with E-state index in [0.717, 1.165) is 5.56 Å². The van der Waals surface area contributed by atoms with E-state index >= 15 is 0 Å². The fraction of sp³-hybridized carbons (Fsp3) is 0.556. The van der Waals surface area contributed by atoms with Gasteiger partial charge in [0.25, 0.3) is 0 Å². The van der Waals surface area contributed by atoms with E-state index in [-0.39, 0.29) is 36.5 Å². The Kier molecular flexibility index (Phi) is 8.62. The summed E-state index contributed by atoms with van der Waals surface area (Å²) in [7, 11) is 0. The third-order valence-electron chi connectivity index (χ3n) is 1.94. The maximum Gasteiger partial charge on any atom is 0.152 e. The van der Waals surface area contributed by atoms with Crippen LogP contribution in [-0.2, 0) is 11.2 Å². The van der Waals surface area contributed by atoms with Crippen molar-refractivity contribution in [3.63, 3.8) is 0 Å². The number of nitrogens with two attached hydrogens (primary N) is 1. The van der Waals surface area contributed by atoms with Gasteiger partial charge in [-0.3, -0.25) is 9.89 Å². The first-order valence-corrected chi connectivity index (χ1v) is 4.38. The lowest BCUT2D eigenvalue weighted by molar-refractivity contribution is -0.123. The van der Waals surface area contributed by atoms with Gasteiger partial charge in [0.2, 0.25) is 0 Å².